The van der Waals surface area contributed by atoms with Crippen molar-refractivity contribution >= 4 is 23.2 Å². The molecule has 20 heavy (non-hydrogen) atoms. The summed E-state index contributed by atoms with van der Waals surface area (Å²) in [7, 11) is 0. The lowest BCUT2D eigenvalue weighted by molar-refractivity contribution is 0.0947. The molecule has 0 saturated heterocycles. The summed E-state index contributed by atoms with van der Waals surface area (Å²) in [6.07, 6.45) is 0. The van der Waals surface area contributed by atoms with E-state index in [9.17, 15) is 4.79 Å². The zero-order chi connectivity index (χ0) is 14.4. The minimum atomic E-state index is -0.177. The molecule has 0 aromatic heterocycles. The van der Waals surface area contributed by atoms with Gasteiger partial charge in [0.15, 0.2) is 0 Å². The van der Waals surface area contributed by atoms with Crippen LogP contribution in [0.25, 0.3) is 0 Å². The molecule has 4 nitrogen and oxygen atoms in total. The Morgan fingerprint density at radius 1 is 1.20 bits per heavy atom. The number of anilines is 1. The topological polar surface area (TPSA) is 64.3 Å². The molecule has 0 saturated carbocycles. The summed E-state index contributed by atoms with van der Waals surface area (Å²) in [5, 5.41) is 3.29. The number of amides is 1. The van der Waals surface area contributed by atoms with Crippen LogP contribution in [0.4, 0.5) is 5.69 Å². The number of hydrogen-bond donors (Lipinski definition) is 2. The van der Waals surface area contributed by atoms with Crippen LogP contribution in [0.1, 0.15) is 10.4 Å². The molecule has 3 N–H and O–H groups in total. The second-order valence-corrected chi connectivity index (χ2v) is 4.62. The molecule has 0 unspecified atom stereocenters. The number of nitrogen functional groups attached to an aromatic ring is 1. The SMILES string of the molecule is Nc1cccc(OCCNC(=O)c2cccc(Cl)c2)c1. The highest BCUT2D eigenvalue weighted by molar-refractivity contribution is 6.30. The second-order valence-electron chi connectivity index (χ2n) is 4.19. The predicted octanol–water partition coefficient (Wildman–Crippen LogP) is 2.73. The quantitative estimate of drug-likeness (QED) is 0.657. The Morgan fingerprint density at radius 3 is 2.75 bits per heavy atom. The first-order chi connectivity index (χ1) is 9.65. The smallest absolute Gasteiger partial charge is 0.251 e. The Hall–Kier alpha value is -2.20. The van der Waals surface area contributed by atoms with Gasteiger partial charge < -0.3 is 15.8 Å². The monoisotopic (exact) mass is 290 g/mol. The number of halogens is 1. The van der Waals surface area contributed by atoms with Gasteiger partial charge in [-0.15, -0.1) is 0 Å². The van der Waals surface area contributed by atoms with Gasteiger partial charge >= 0.3 is 0 Å². The van der Waals surface area contributed by atoms with E-state index in [1.165, 1.54) is 0 Å². The lowest BCUT2D eigenvalue weighted by Gasteiger charge is -2.08. The zero-order valence-corrected chi connectivity index (χ0v) is 11.6. The fraction of sp³-hybridized carbons (Fsp3) is 0.133. The Bertz CT molecular complexity index is 602. The molecular formula is C15H15ClN2O2. The number of hydrogen-bond acceptors (Lipinski definition) is 3. The Balaban J connectivity index is 1.77. The maximum Gasteiger partial charge on any atom is 0.251 e. The maximum atomic E-state index is 11.8. The first-order valence-corrected chi connectivity index (χ1v) is 6.55. The predicted molar refractivity (Wildman–Crippen MR) is 80.1 cm³/mol. The molecule has 0 radical (unpaired) electrons. The van der Waals surface area contributed by atoms with E-state index in [4.69, 9.17) is 22.1 Å². The van der Waals surface area contributed by atoms with Gasteiger partial charge in [0, 0.05) is 22.3 Å². The Labute approximate surface area is 122 Å². The first-order valence-electron chi connectivity index (χ1n) is 6.17. The number of carbonyl (C=O) groups excluding carboxylic acids is 1. The average Bonchev–Trinajstić information content (AvgIpc) is 2.43. The van der Waals surface area contributed by atoms with E-state index in [1.54, 1.807) is 36.4 Å². The number of benzene rings is 2. The number of ether oxygens (including phenoxy) is 1. The normalized spacial score (nSPS) is 10.1. The highest BCUT2D eigenvalue weighted by Crippen LogP contribution is 2.14. The molecule has 0 spiro atoms. The summed E-state index contributed by atoms with van der Waals surface area (Å²) in [5.41, 5.74) is 6.81. The molecule has 0 fully saturated rings. The van der Waals surface area contributed by atoms with Gasteiger partial charge in [-0.3, -0.25) is 4.79 Å². The number of rotatable bonds is 5. The van der Waals surface area contributed by atoms with Crippen LogP contribution in [0.2, 0.25) is 5.02 Å². The number of nitrogens with two attached hydrogens (primary N) is 1. The van der Waals surface area contributed by atoms with E-state index in [2.05, 4.69) is 5.32 Å². The maximum absolute atomic E-state index is 11.8. The van der Waals surface area contributed by atoms with Crippen LogP contribution in [-0.2, 0) is 0 Å². The molecular weight excluding hydrogens is 276 g/mol. The average molecular weight is 291 g/mol. The summed E-state index contributed by atoms with van der Waals surface area (Å²) in [5.74, 6) is 0.505. The van der Waals surface area contributed by atoms with E-state index in [-0.39, 0.29) is 5.91 Å². The summed E-state index contributed by atoms with van der Waals surface area (Å²) >= 11 is 5.83. The molecule has 104 valence electrons. The molecule has 2 aromatic rings. The number of nitrogens with one attached hydrogen (secondary N) is 1. The van der Waals surface area contributed by atoms with Crippen LogP contribution in [-0.4, -0.2) is 19.1 Å². The first kappa shape index (κ1) is 14.2. The molecule has 0 heterocycles. The van der Waals surface area contributed by atoms with Crippen LogP contribution in [0.3, 0.4) is 0 Å². The summed E-state index contributed by atoms with van der Waals surface area (Å²) in [4.78, 5) is 11.8. The molecule has 0 aliphatic heterocycles. The third-order valence-electron chi connectivity index (χ3n) is 2.60. The highest BCUT2D eigenvalue weighted by atomic mass is 35.5. The van der Waals surface area contributed by atoms with Crippen LogP contribution in [0.5, 0.6) is 5.75 Å². The van der Waals surface area contributed by atoms with Crippen LogP contribution < -0.4 is 15.8 Å². The molecule has 2 aromatic carbocycles. The highest BCUT2D eigenvalue weighted by Gasteiger charge is 2.04. The van der Waals surface area contributed by atoms with Crippen LogP contribution >= 0.6 is 11.6 Å². The summed E-state index contributed by atoms with van der Waals surface area (Å²) in [6.45, 7) is 0.774. The molecule has 0 aliphatic carbocycles. The Kier molecular flexibility index (Phi) is 4.85. The van der Waals surface area contributed by atoms with Crippen molar-refractivity contribution in [3.63, 3.8) is 0 Å². The lowest BCUT2D eigenvalue weighted by atomic mass is 10.2. The van der Waals surface area contributed by atoms with Crippen molar-refractivity contribution in [1.82, 2.24) is 5.32 Å². The molecule has 0 bridgehead atoms. The van der Waals surface area contributed by atoms with Crippen LogP contribution in [0.15, 0.2) is 48.5 Å². The molecule has 2 rings (SSSR count). The van der Waals surface area contributed by atoms with Gasteiger partial charge in [0.05, 0.1) is 6.54 Å². The molecule has 0 atom stereocenters. The minimum Gasteiger partial charge on any atom is -0.492 e. The zero-order valence-electron chi connectivity index (χ0n) is 10.8. The van der Waals surface area contributed by atoms with E-state index in [0.29, 0.717) is 35.2 Å². The van der Waals surface area contributed by atoms with E-state index < -0.39 is 0 Å². The summed E-state index contributed by atoms with van der Waals surface area (Å²) in [6, 6.07) is 13.9. The van der Waals surface area contributed by atoms with Crippen molar-refractivity contribution < 1.29 is 9.53 Å². The van der Waals surface area contributed by atoms with Gasteiger partial charge in [0.1, 0.15) is 12.4 Å². The third-order valence-corrected chi connectivity index (χ3v) is 2.84. The van der Waals surface area contributed by atoms with E-state index in [0.717, 1.165) is 0 Å². The fourth-order valence-electron chi connectivity index (χ4n) is 1.67. The van der Waals surface area contributed by atoms with Gasteiger partial charge in [0.2, 0.25) is 0 Å². The van der Waals surface area contributed by atoms with Crippen molar-refractivity contribution in [1.29, 1.82) is 0 Å². The molecule has 0 aliphatic rings. The van der Waals surface area contributed by atoms with Crippen molar-refractivity contribution in [2.45, 2.75) is 0 Å². The largest absolute Gasteiger partial charge is 0.492 e. The van der Waals surface area contributed by atoms with Crippen molar-refractivity contribution in [2.24, 2.45) is 0 Å². The Morgan fingerprint density at radius 2 is 2.00 bits per heavy atom. The fourth-order valence-corrected chi connectivity index (χ4v) is 1.86. The van der Waals surface area contributed by atoms with Crippen LogP contribution in [0, 0.1) is 0 Å². The standard InChI is InChI=1S/C15H15ClN2O2/c16-12-4-1-3-11(9-12)15(19)18-7-8-20-14-6-2-5-13(17)10-14/h1-6,9-10H,7-8,17H2,(H,18,19). The minimum absolute atomic E-state index is 0.177. The number of carbonyl (C=O) groups is 1. The van der Waals surface area contributed by atoms with Gasteiger partial charge in [-0.05, 0) is 30.3 Å². The molecule has 1 amide bonds. The van der Waals surface area contributed by atoms with Gasteiger partial charge in [-0.2, -0.15) is 0 Å². The van der Waals surface area contributed by atoms with Gasteiger partial charge in [0.25, 0.3) is 5.91 Å². The van der Waals surface area contributed by atoms with Crippen molar-refractivity contribution in [2.75, 3.05) is 18.9 Å². The molecule has 5 heteroatoms. The van der Waals surface area contributed by atoms with E-state index in [1.807, 2.05) is 12.1 Å². The van der Waals surface area contributed by atoms with Gasteiger partial charge in [-0.25, -0.2) is 0 Å². The van der Waals surface area contributed by atoms with Crippen molar-refractivity contribution in [3.8, 4) is 5.75 Å². The third kappa shape index (κ3) is 4.17. The van der Waals surface area contributed by atoms with Crippen molar-refractivity contribution in [3.05, 3.63) is 59.1 Å². The lowest BCUT2D eigenvalue weighted by Crippen LogP contribution is -2.28. The summed E-state index contributed by atoms with van der Waals surface area (Å²) < 4.78 is 5.48. The second kappa shape index (κ2) is 6.82. The van der Waals surface area contributed by atoms with E-state index >= 15 is 0 Å². The van der Waals surface area contributed by atoms with Gasteiger partial charge in [-0.1, -0.05) is 23.7 Å².